The van der Waals surface area contributed by atoms with Crippen LogP contribution in [0.5, 0.6) is 0 Å². The summed E-state index contributed by atoms with van der Waals surface area (Å²) in [6, 6.07) is 3.20. The number of benzene rings is 1. The first-order valence-corrected chi connectivity index (χ1v) is 7.39. The molecule has 0 fully saturated rings. The van der Waals surface area contributed by atoms with Crippen molar-refractivity contribution >= 4 is 16.0 Å². The third kappa shape index (κ3) is 3.23. The molecular weight excluding hydrogens is 298 g/mol. The van der Waals surface area contributed by atoms with E-state index in [0.717, 1.165) is 6.07 Å². The summed E-state index contributed by atoms with van der Waals surface area (Å²) in [5.41, 5.74) is 0.334. The summed E-state index contributed by atoms with van der Waals surface area (Å²) >= 11 is 0. The van der Waals surface area contributed by atoms with E-state index in [0.29, 0.717) is 5.56 Å². The van der Waals surface area contributed by atoms with Crippen LogP contribution < -0.4 is 4.72 Å². The molecule has 9 nitrogen and oxygen atoms in total. The van der Waals surface area contributed by atoms with E-state index in [1.807, 2.05) is 0 Å². The number of sulfonamides is 1. The monoisotopic (exact) mass is 311 g/mol. The summed E-state index contributed by atoms with van der Waals surface area (Å²) in [6.07, 6.45) is 0. The van der Waals surface area contributed by atoms with Crippen molar-refractivity contribution in [1.82, 2.24) is 25.3 Å². The van der Waals surface area contributed by atoms with Gasteiger partial charge >= 0.3 is 5.97 Å². The maximum Gasteiger partial charge on any atom is 0.335 e. The zero-order valence-electron chi connectivity index (χ0n) is 11.2. The van der Waals surface area contributed by atoms with Crippen LogP contribution in [0.15, 0.2) is 23.1 Å². The number of carboxylic acids is 1. The molecule has 1 unspecified atom stereocenters. The van der Waals surface area contributed by atoms with Crippen molar-refractivity contribution in [2.24, 2.45) is 0 Å². The number of aromatic nitrogens is 4. The molecule has 21 heavy (non-hydrogen) atoms. The van der Waals surface area contributed by atoms with Crippen LogP contribution in [-0.4, -0.2) is 40.1 Å². The largest absolute Gasteiger partial charge is 0.478 e. The molecule has 0 saturated heterocycles. The van der Waals surface area contributed by atoms with Gasteiger partial charge in [-0.15, -0.1) is 10.2 Å². The number of aromatic carboxylic acids is 1. The van der Waals surface area contributed by atoms with Gasteiger partial charge in [-0.05, 0) is 31.5 Å². The average molecular weight is 311 g/mol. The molecule has 1 atom stereocenters. The van der Waals surface area contributed by atoms with E-state index in [2.05, 4.69) is 25.3 Å². The van der Waals surface area contributed by atoms with Crippen molar-refractivity contribution in [3.05, 3.63) is 35.2 Å². The van der Waals surface area contributed by atoms with Crippen molar-refractivity contribution in [2.75, 3.05) is 0 Å². The van der Waals surface area contributed by atoms with Gasteiger partial charge in [-0.25, -0.2) is 17.9 Å². The van der Waals surface area contributed by atoms with Crippen molar-refractivity contribution in [1.29, 1.82) is 0 Å². The highest BCUT2D eigenvalue weighted by Crippen LogP contribution is 2.19. The third-order valence-corrected chi connectivity index (χ3v) is 4.49. The Morgan fingerprint density at radius 2 is 2.14 bits per heavy atom. The Morgan fingerprint density at radius 3 is 2.71 bits per heavy atom. The quantitative estimate of drug-likeness (QED) is 0.719. The van der Waals surface area contributed by atoms with Gasteiger partial charge in [-0.3, -0.25) is 0 Å². The molecule has 1 heterocycles. The molecule has 1 aromatic carbocycles. The number of nitrogens with zero attached hydrogens (tertiary/aromatic N) is 3. The number of aromatic amines is 1. The van der Waals surface area contributed by atoms with E-state index in [1.165, 1.54) is 12.1 Å². The molecule has 0 aliphatic rings. The van der Waals surface area contributed by atoms with Gasteiger partial charge in [0.15, 0.2) is 5.82 Å². The van der Waals surface area contributed by atoms with Gasteiger partial charge in [0.25, 0.3) is 0 Å². The highest BCUT2D eigenvalue weighted by molar-refractivity contribution is 7.89. The lowest BCUT2D eigenvalue weighted by Crippen LogP contribution is -2.28. The number of rotatable bonds is 5. The minimum Gasteiger partial charge on any atom is -0.478 e. The number of hydrogen-bond donors (Lipinski definition) is 3. The Hall–Kier alpha value is -2.33. The lowest BCUT2D eigenvalue weighted by molar-refractivity contribution is 0.0696. The summed E-state index contributed by atoms with van der Waals surface area (Å²) < 4.78 is 27.1. The number of aryl methyl sites for hydroxylation is 1. The number of hydrogen-bond acceptors (Lipinski definition) is 6. The van der Waals surface area contributed by atoms with E-state index >= 15 is 0 Å². The Kier molecular flexibility index (Phi) is 4.00. The molecule has 0 amide bonds. The molecule has 0 saturated carbocycles. The van der Waals surface area contributed by atoms with Gasteiger partial charge in [0, 0.05) is 0 Å². The van der Waals surface area contributed by atoms with Gasteiger partial charge in [-0.1, -0.05) is 11.3 Å². The number of nitrogens with one attached hydrogen (secondary N) is 2. The fraction of sp³-hybridized carbons (Fsp3) is 0.273. The van der Waals surface area contributed by atoms with Crippen molar-refractivity contribution in [3.8, 4) is 0 Å². The second kappa shape index (κ2) is 5.58. The van der Waals surface area contributed by atoms with Crippen molar-refractivity contribution in [3.63, 3.8) is 0 Å². The van der Waals surface area contributed by atoms with Gasteiger partial charge in [0.2, 0.25) is 10.0 Å². The molecule has 0 bridgehead atoms. The highest BCUT2D eigenvalue weighted by atomic mass is 32.2. The van der Waals surface area contributed by atoms with E-state index < -0.39 is 22.0 Å². The topological polar surface area (TPSA) is 138 Å². The predicted octanol–water partition coefficient (Wildman–Crippen LogP) is 0.246. The first-order valence-electron chi connectivity index (χ1n) is 5.91. The van der Waals surface area contributed by atoms with Crippen LogP contribution in [0, 0.1) is 6.92 Å². The van der Waals surface area contributed by atoms with E-state index in [1.54, 1.807) is 13.8 Å². The number of carboxylic acid groups (broad SMARTS) is 1. The summed E-state index contributed by atoms with van der Waals surface area (Å²) in [4.78, 5) is 10.9. The third-order valence-electron chi connectivity index (χ3n) is 2.81. The Labute approximate surface area is 120 Å². The van der Waals surface area contributed by atoms with Crippen LogP contribution in [0.4, 0.5) is 0 Å². The van der Waals surface area contributed by atoms with Crippen LogP contribution in [-0.2, 0) is 10.0 Å². The van der Waals surface area contributed by atoms with Crippen LogP contribution >= 0.6 is 0 Å². The van der Waals surface area contributed by atoms with Crippen molar-refractivity contribution < 1.29 is 18.3 Å². The van der Waals surface area contributed by atoms with E-state index in [4.69, 9.17) is 5.11 Å². The Morgan fingerprint density at radius 1 is 1.43 bits per heavy atom. The van der Waals surface area contributed by atoms with Crippen LogP contribution in [0.1, 0.15) is 34.7 Å². The minimum atomic E-state index is -3.91. The van der Waals surface area contributed by atoms with Gasteiger partial charge in [0.05, 0.1) is 16.5 Å². The SMILES string of the molecule is Cc1ccc(C(=O)O)cc1S(=O)(=O)NC(C)c1nn[nH]n1. The second-order valence-corrected chi connectivity index (χ2v) is 6.08. The minimum absolute atomic E-state index is 0.0993. The van der Waals surface area contributed by atoms with Crippen LogP contribution in [0.3, 0.4) is 0 Å². The zero-order chi connectivity index (χ0) is 15.6. The van der Waals surface area contributed by atoms with Gasteiger partial charge in [-0.2, -0.15) is 5.21 Å². The summed E-state index contributed by atoms with van der Waals surface area (Å²) in [5, 5.41) is 21.9. The molecule has 3 N–H and O–H groups in total. The first kappa shape index (κ1) is 15.1. The fourth-order valence-corrected chi connectivity index (χ4v) is 3.20. The molecule has 0 aliphatic carbocycles. The second-order valence-electron chi connectivity index (χ2n) is 4.40. The number of carbonyl (C=O) groups is 1. The van der Waals surface area contributed by atoms with Crippen LogP contribution in [0.25, 0.3) is 0 Å². The molecule has 112 valence electrons. The Bertz CT molecular complexity index is 757. The molecule has 2 rings (SSSR count). The maximum atomic E-state index is 12.3. The molecular formula is C11H13N5O4S. The standard InChI is InChI=1S/C11H13N5O4S/c1-6-3-4-8(11(17)18)5-9(6)21(19,20)14-7(2)10-12-15-16-13-10/h3-5,7,14H,1-2H3,(H,17,18)(H,12,13,15,16). The number of tetrazole rings is 1. The molecule has 10 heteroatoms. The van der Waals surface area contributed by atoms with E-state index in [-0.39, 0.29) is 16.3 Å². The normalized spacial score (nSPS) is 13.0. The smallest absolute Gasteiger partial charge is 0.335 e. The molecule has 0 radical (unpaired) electrons. The average Bonchev–Trinajstić information content (AvgIpc) is 2.92. The summed E-state index contributed by atoms with van der Waals surface area (Å²) in [6.45, 7) is 3.14. The van der Waals surface area contributed by atoms with Gasteiger partial charge < -0.3 is 5.11 Å². The molecule has 0 spiro atoms. The number of H-pyrrole nitrogens is 1. The molecule has 2 aromatic rings. The maximum absolute atomic E-state index is 12.3. The summed E-state index contributed by atoms with van der Waals surface area (Å²) in [7, 11) is -3.91. The lowest BCUT2D eigenvalue weighted by atomic mass is 10.1. The molecule has 0 aliphatic heterocycles. The predicted molar refractivity (Wildman–Crippen MR) is 71.1 cm³/mol. The first-order chi connectivity index (χ1) is 9.81. The van der Waals surface area contributed by atoms with Crippen molar-refractivity contribution in [2.45, 2.75) is 24.8 Å². The highest BCUT2D eigenvalue weighted by Gasteiger charge is 2.23. The zero-order valence-corrected chi connectivity index (χ0v) is 12.0. The van der Waals surface area contributed by atoms with Crippen LogP contribution in [0.2, 0.25) is 0 Å². The lowest BCUT2D eigenvalue weighted by Gasteiger charge is -2.13. The fourth-order valence-electron chi connectivity index (χ4n) is 1.72. The van der Waals surface area contributed by atoms with Gasteiger partial charge in [0.1, 0.15) is 0 Å². The molecule has 1 aromatic heterocycles. The Balaban J connectivity index is 2.35. The van der Waals surface area contributed by atoms with E-state index in [9.17, 15) is 13.2 Å². The summed E-state index contributed by atoms with van der Waals surface area (Å²) in [5.74, 6) is -1.01.